The molecule has 3 aromatic heterocycles. The largest absolute Gasteiger partial charge is 0.477 e. The number of benzene rings is 1. The number of fused-ring (bicyclic) bond motifs is 1. The molecule has 30 heavy (non-hydrogen) atoms. The van der Waals surface area contributed by atoms with Crippen molar-refractivity contribution in [2.75, 3.05) is 5.73 Å². The Balaban J connectivity index is 2.13. The zero-order valence-electron chi connectivity index (χ0n) is 16.1. The number of aliphatic hydroxyl groups excluding tert-OH is 1. The molecule has 0 fully saturated rings. The number of hydrogen-bond acceptors (Lipinski definition) is 7. The summed E-state index contributed by atoms with van der Waals surface area (Å²) in [5, 5.41) is 23.8. The highest BCUT2D eigenvalue weighted by Gasteiger charge is 2.24. The number of hydrogen-bond donors (Lipinski definition) is 3. The zero-order chi connectivity index (χ0) is 21.6. The maximum atomic E-state index is 13.2. The third-order valence-electron chi connectivity index (χ3n) is 4.85. The van der Waals surface area contributed by atoms with Crippen LogP contribution < -0.4 is 11.3 Å². The molecule has 0 aliphatic heterocycles. The molecule has 0 amide bonds. The number of carbonyl (C=O) groups is 1. The molecule has 1 atom stereocenters. The van der Waals surface area contributed by atoms with Gasteiger partial charge >= 0.3 is 5.97 Å². The number of aromatic nitrogens is 5. The SMILES string of the molecule is Cc1cc(-n2cncn2)nc2c1c(N)c(C(=O)O)c(=O)n2-c1ccc(C(C)O)cc1. The predicted molar refractivity (Wildman–Crippen MR) is 109 cm³/mol. The number of carboxylic acids is 1. The second-order valence-corrected chi connectivity index (χ2v) is 6.84. The van der Waals surface area contributed by atoms with Crippen molar-refractivity contribution in [1.29, 1.82) is 0 Å². The van der Waals surface area contributed by atoms with Crippen LogP contribution in [0.15, 0.2) is 47.8 Å². The number of aliphatic hydroxyl groups is 1. The number of rotatable bonds is 4. The van der Waals surface area contributed by atoms with Crippen LogP contribution in [0.3, 0.4) is 0 Å². The van der Waals surface area contributed by atoms with Gasteiger partial charge in [0.2, 0.25) is 0 Å². The van der Waals surface area contributed by atoms with Gasteiger partial charge in [0.15, 0.2) is 11.5 Å². The number of carboxylic acid groups (broad SMARTS) is 1. The van der Waals surface area contributed by atoms with E-state index < -0.39 is 23.2 Å². The van der Waals surface area contributed by atoms with Gasteiger partial charge in [0, 0.05) is 5.39 Å². The Kier molecular flexibility index (Phi) is 4.55. The minimum absolute atomic E-state index is 0.144. The molecule has 0 spiro atoms. The fourth-order valence-corrected chi connectivity index (χ4v) is 3.37. The van der Waals surface area contributed by atoms with Gasteiger partial charge in [-0.05, 0) is 43.2 Å². The van der Waals surface area contributed by atoms with Gasteiger partial charge in [-0.3, -0.25) is 9.36 Å². The number of aromatic carboxylic acids is 1. The topological polar surface area (TPSA) is 149 Å². The highest BCUT2D eigenvalue weighted by molar-refractivity contribution is 6.04. The maximum Gasteiger partial charge on any atom is 0.343 e. The summed E-state index contributed by atoms with van der Waals surface area (Å²) >= 11 is 0. The zero-order valence-corrected chi connectivity index (χ0v) is 16.1. The van der Waals surface area contributed by atoms with Crippen LogP contribution in [-0.2, 0) is 0 Å². The van der Waals surface area contributed by atoms with Gasteiger partial charge in [0.1, 0.15) is 18.2 Å². The van der Waals surface area contributed by atoms with Gasteiger partial charge < -0.3 is 15.9 Å². The van der Waals surface area contributed by atoms with Crippen molar-refractivity contribution in [2.24, 2.45) is 0 Å². The van der Waals surface area contributed by atoms with Crippen LogP contribution >= 0.6 is 0 Å². The fraction of sp³-hybridized carbons (Fsp3) is 0.150. The molecule has 0 aliphatic rings. The molecule has 4 aromatic rings. The molecule has 10 heteroatoms. The highest BCUT2D eigenvalue weighted by atomic mass is 16.4. The van der Waals surface area contributed by atoms with Crippen LogP contribution in [0.25, 0.3) is 22.5 Å². The average molecular weight is 406 g/mol. The third-order valence-corrected chi connectivity index (χ3v) is 4.85. The third kappa shape index (κ3) is 2.99. The van der Waals surface area contributed by atoms with E-state index in [-0.39, 0.29) is 11.3 Å². The van der Waals surface area contributed by atoms with Crippen molar-refractivity contribution in [1.82, 2.24) is 24.3 Å². The molecule has 0 aliphatic carbocycles. The molecular formula is C20H18N6O4. The Morgan fingerprint density at radius 1 is 1.23 bits per heavy atom. The first-order chi connectivity index (χ1) is 14.3. The number of nitrogens with two attached hydrogens (primary N) is 1. The van der Waals surface area contributed by atoms with Gasteiger partial charge in [-0.1, -0.05) is 12.1 Å². The number of pyridine rings is 2. The summed E-state index contributed by atoms with van der Waals surface area (Å²) in [7, 11) is 0. The van der Waals surface area contributed by atoms with Gasteiger partial charge in [-0.2, -0.15) is 5.10 Å². The smallest absolute Gasteiger partial charge is 0.343 e. The van der Waals surface area contributed by atoms with Crippen molar-refractivity contribution in [3.05, 3.63) is 70.0 Å². The van der Waals surface area contributed by atoms with Gasteiger partial charge in [-0.25, -0.2) is 19.4 Å². The van der Waals surface area contributed by atoms with E-state index in [9.17, 15) is 19.8 Å². The quantitative estimate of drug-likeness (QED) is 0.463. The van der Waals surface area contributed by atoms with Crippen molar-refractivity contribution in [3.8, 4) is 11.5 Å². The Morgan fingerprint density at radius 3 is 2.50 bits per heavy atom. The van der Waals surface area contributed by atoms with Gasteiger partial charge in [-0.15, -0.1) is 0 Å². The molecule has 3 heterocycles. The maximum absolute atomic E-state index is 13.2. The molecule has 0 saturated heterocycles. The monoisotopic (exact) mass is 406 g/mol. The van der Waals surface area contributed by atoms with Crippen LogP contribution in [0.5, 0.6) is 0 Å². The molecular weight excluding hydrogens is 388 g/mol. The van der Waals surface area contributed by atoms with E-state index in [4.69, 9.17) is 5.73 Å². The number of nitrogens with zero attached hydrogens (tertiary/aromatic N) is 5. The first-order valence-electron chi connectivity index (χ1n) is 9.02. The molecule has 1 aromatic carbocycles. The molecule has 4 rings (SSSR count). The lowest BCUT2D eigenvalue weighted by Crippen LogP contribution is -2.28. The normalized spacial score (nSPS) is 12.2. The van der Waals surface area contributed by atoms with E-state index >= 15 is 0 Å². The molecule has 1 unspecified atom stereocenters. The lowest BCUT2D eigenvalue weighted by molar-refractivity contribution is 0.0696. The Bertz CT molecular complexity index is 1320. The summed E-state index contributed by atoms with van der Waals surface area (Å²) < 4.78 is 2.63. The summed E-state index contributed by atoms with van der Waals surface area (Å²) in [5.74, 6) is -1.03. The number of nitrogen functional groups attached to an aromatic ring is 1. The van der Waals surface area contributed by atoms with E-state index in [0.29, 0.717) is 28.0 Å². The summed E-state index contributed by atoms with van der Waals surface area (Å²) in [6.45, 7) is 3.37. The minimum atomic E-state index is -1.42. The average Bonchev–Trinajstić information content (AvgIpc) is 3.22. The van der Waals surface area contributed by atoms with E-state index in [1.165, 1.54) is 21.9 Å². The summed E-state index contributed by atoms with van der Waals surface area (Å²) in [6.07, 6.45) is 2.13. The van der Waals surface area contributed by atoms with Crippen molar-refractivity contribution in [3.63, 3.8) is 0 Å². The minimum Gasteiger partial charge on any atom is -0.477 e. The van der Waals surface area contributed by atoms with Crippen molar-refractivity contribution < 1.29 is 15.0 Å². The van der Waals surface area contributed by atoms with Crippen LogP contribution in [0, 0.1) is 6.92 Å². The van der Waals surface area contributed by atoms with Crippen LogP contribution in [-0.4, -0.2) is 40.5 Å². The van der Waals surface area contributed by atoms with Crippen LogP contribution in [0.4, 0.5) is 5.69 Å². The standard InChI is InChI=1S/C20H18N6O4/c1-10-7-14(25-9-22-8-23-25)24-18-15(10)17(21)16(20(29)30)19(28)26(18)13-5-3-12(4-6-13)11(2)27/h3-9,11,27H,21H2,1-2H3,(H,29,30). The van der Waals surface area contributed by atoms with Gasteiger partial charge in [0.05, 0.1) is 17.5 Å². The second-order valence-electron chi connectivity index (χ2n) is 6.84. The van der Waals surface area contributed by atoms with E-state index in [1.54, 1.807) is 44.2 Å². The summed E-state index contributed by atoms with van der Waals surface area (Å²) in [4.78, 5) is 33.4. The highest BCUT2D eigenvalue weighted by Crippen LogP contribution is 2.28. The first kappa shape index (κ1) is 19.3. The van der Waals surface area contributed by atoms with Crippen molar-refractivity contribution >= 4 is 22.7 Å². The molecule has 0 bridgehead atoms. The lowest BCUT2D eigenvalue weighted by atomic mass is 10.1. The lowest BCUT2D eigenvalue weighted by Gasteiger charge is -2.16. The van der Waals surface area contributed by atoms with E-state index in [0.717, 1.165) is 0 Å². The Hall–Kier alpha value is -4.05. The molecule has 10 nitrogen and oxygen atoms in total. The summed E-state index contributed by atoms with van der Waals surface area (Å²) in [5.41, 5.74) is 6.48. The van der Waals surface area contributed by atoms with E-state index in [1.807, 2.05) is 0 Å². The van der Waals surface area contributed by atoms with Crippen molar-refractivity contribution in [2.45, 2.75) is 20.0 Å². The molecule has 4 N–H and O–H groups in total. The fourth-order valence-electron chi connectivity index (χ4n) is 3.37. The summed E-state index contributed by atoms with van der Waals surface area (Å²) in [6, 6.07) is 8.23. The Morgan fingerprint density at radius 2 is 1.93 bits per heavy atom. The Labute approximate surface area is 169 Å². The van der Waals surface area contributed by atoms with E-state index in [2.05, 4.69) is 15.1 Å². The number of aryl methyl sites for hydroxylation is 1. The second kappa shape index (κ2) is 7.08. The molecule has 0 radical (unpaired) electrons. The predicted octanol–water partition coefficient (Wildman–Crippen LogP) is 1.61. The van der Waals surface area contributed by atoms with Crippen LogP contribution in [0.2, 0.25) is 0 Å². The number of anilines is 1. The molecule has 152 valence electrons. The molecule has 0 saturated carbocycles. The van der Waals surface area contributed by atoms with Crippen LogP contribution in [0.1, 0.15) is 34.5 Å². The first-order valence-corrected chi connectivity index (χ1v) is 9.02. The van der Waals surface area contributed by atoms with Gasteiger partial charge in [0.25, 0.3) is 5.56 Å².